The van der Waals surface area contributed by atoms with Crippen molar-refractivity contribution in [3.05, 3.63) is 195 Å². The Kier molecular flexibility index (Phi) is 7.53. The van der Waals surface area contributed by atoms with E-state index in [1.54, 1.807) is 0 Å². The zero-order chi connectivity index (χ0) is 33.3. The summed E-state index contributed by atoms with van der Waals surface area (Å²) in [6.07, 6.45) is 5.60. The van der Waals surface area contributed by atoms with E-state index in [9.17, 15) is 0 Å². The fourth-order valence-electron chi connectivity index (χ4n) is 7.34. The van der Waals surface area contributed by atoms with Crippen LogP contribution < -0.4 is 0 Å². The zero-order valence-electron chi connectivity index (χ0n) is 27.4. The average Bonchev–Trinajstić information content (AvgIpc) is 3.21. The van der Waals surface area contributed by atoms with Gasteiger partial charge < -0.3 is 0 Å². The van der Waals surface area contributed by atoms with E-state index in [1.807, 2.05) is 30.7 Å². The fraction of sp³-hybridized carbons (Fsp3) is 0. The van der Waals surface area contributed by atoms with Crippen LogP contribution in [0.5, 0.6) is 0 Å². The van der Waals surface area contributed by atoms with Gasteiger partial charge in [0.05, 0.1) is 5.69 Å². The molecule has 0 N–H and O–H groups in total. The lowest BCUT2D eigenvalue weighted by Gasteiger charge is -2.21. The molecule has 0 spiro atoms. The maximum absolute atomic E-state index is 4.98. The SMILES string of the molecule is c1ccc(-c2ccccc2-c2c3ccccc3c(-c3ccccc3-c3ccccc3)c3cc(-c4ccc(-c5ccncc5)cn4)ccc23)cc1. The minimum atomic E-state index is 0.936. The molecular formula is C48H32N2. The summed E-state index contributed by atoms with van der Waals surface area (Å²) < 4.78 is 0. The van der Waals surface area contributed by atoms with Gasteiger partial charge in [0.1, 0.15) is 0 Å². The Labute approximate surface area is 292 Å². The van der Waals surface area contributed by atoms with Gasteiger partial charge in [-0.25, -0.2) is 0 Å². The summed E-state index contributed by atoms with van der Waals surface area (Å²) in [6.45, 7) is 0. The van der Waals surface area contributed by atoms with Gasteiger partial charge in [0.2, 0.25) is 0 Å². The average molecular weight is 637 g/mol. The van der Waals surface area contributed by atoms with Gasteiger partial charge in [-0.05, 0) is 95.9 Å². The molecule has 0 amide bonds. The van der Waals surface area contributed by atoms with Gasteiger partial charge in [0, 0.05) is 29.7 Å². The summed E-state index contributed by atoms with van der Waals surface area (Å²) in [5.74, 6) is 0. The maximum Gasteiger partial charge on any atom is 0.0702 e. The predicted octanol–water partition coefficient (Wildman–Crippen LogP) is 12.8. The third-order valence-corrected chi connectivity index (χ3v) is 9.66. The highest BCUT2D eigenvalue weighted by Crippen LogP contribution is 2.48. The van der Waals surface area contributed by atoms with Crippen LogP contribution in [0.1, 0.15) is 0 Å². The molecule has 0 bridgehead atoms. The molecule has 0 saturated heterocycles. The monoisotopic (exact) mass is 636 g/mol. The van der Waals surface area contributed by atoms with Crippen molar-refractivity contribution in [1.82, 2.24) is 9.97 Å². The van der Waals surface area contributed by atoms with Gasteiger partial charge in [0.25, 0.3) is 0 Å². The Hall–Kier alpha value is -6.64. The second-order valence-electron chi connectivity index (χ2n) is 12.5. The molecule has 50 heavy (non-hydrogen) atoms. The molecule has 0 aliphatic heterocycles. The molecule has 0 fully saturated rings. The molecule has 0 radical (unpaired) electrons. The highest BCUT2D eigenvalue weighted by atomic mass is 14.7. The first-order chi connectivity index (χ1) is 24.8. The molecule has 0 unspecified atom stereocenters. The van der Waals surface area contributed by atoms with Gasteiger partial charge in [-0.15, -0.1) is 0 Å². The van der Waals surface area contributed by atoms with Crippen LogP contribution >= 0.6 is 0 Å². The van der Waals surface area contributed by atoms with E-state index in [0.29, 0.717) is 0 Å². The van der Waals surface area contributed by atoms with Crippen LogP contribution in [0, 0.1) is 0 Å². The van der Waals surface area contributed by atoms with Crippen LogP contribution in [0.4, 0.5) is 0 Å². The van der Waals surface area contributed by atoms with Gasteiger partial charge >= 0.3 is 0 Å². The Bertz CT molecular complexity index is 2610. The maximum atomic E-state index is 4.98. The van der Waals surface area contributed by atoms with E-state index in [0.717, 1.165) is 22.4 Å². The molecule has 7 aromatic carbocycles. The topological polar surface area (TPSA) is 25.8 Å². The van der Waals surface area contributed by atoms with Crippen LogP contribution in [-0.2, 0) is 0 Å². The molecule has 0 aliphatic rings. The normalized spacial score (nSPS) is 11.2. The first-order valence-electron chi connectivity index (χ1n) is 17.0. The predicted molar refractivity (Wildman–Crippen MR) is 210 cm³/mol. The molecular weight excluding hydrogens is 605 g/mol. The Morgan fingerprint density at radius 3 is 1.34 bits per heavy atom. The van der Waals surface area contributed by atoms with Crippen molar-refractivity contribution in [1.29, 1.82) is 0 Å². The lowest BCUT2D eigenvalue weighted by molar-refractivity contribution is 1.30. The second kappa shape index (κ2) is 12.8. The van der Waals surface area contributed by atoms with Crippen LogP contribution in [0.2, 0.25) is 0 Å². The summed E-state index contributed by atoms with van der Waals surface area (Å²) >= 11 is 0. The van der Waals surface area contributed by atoms with E-state index in [2.05, 4.69) is 169 Å². The summed E-state index contributed by atoms with van der Waals surface area (Å²) in [5.41, 5.74) is 13.9. The van der Waals surface area contributed by atoms with Crippen molar-refractivity contribution in [3.8, 4) is 66.9 Å². The number of benzene rings is 7. The highest BCUT2D eigenvalue weighted by Gasteiger charge is 2.21. The van der Waals surface area contributed by atoms with Gasteiger partial charge in [-0.1, -0.05) is 152 Å². The number of pyridine rings is 2. The standard InChI is InChI=1S/C48H32N2/c1-3-13-34(14-4-1)38-17-7-9-19-40(38)47-42-21-11-12-22-43(42)48(41-20-10-8-18-39(41)35-15-5-2-6-16-35)45-31-36(23-25-44(45)47)46-26-24-37(32-50-46)33-27-29-49-30-28-33/h1-32H. The van der Waals surface area contributed by atoms with Crippen molar-refractivity contribution in [2.24, 2.45) is 0 Å². The summed E-state index contributed by atoms with van der Waals surface area (Å²) in [5, 5.41) is 4.86. The van der Waals surface area contributed by atoms with Crippen LogP contribution in [0.25, 0.3) is 88.4 Å². The minimum Gasteiger partial charge on any atom is -0.265 e. The summed E-state index contributed by atoms with van der Waals surface area (Å²) in [7, 11) is 0. The van der Waals surface area contributed by atoms with Gasteiger partial charge in [0.15, 0.2) is 0 Å². The lowest BCUT2D eigenvalue weighted by Crippen LogP contribution is -1.95. The summed E-state index contributed by atoms with van der Waals surface area (Å²) in [6, 6.07) is 63.1. The quantitative estimate of drug-likeness (QED) is 0.170. The van der Waals surface area contributed by atoms with Crippen LogP contribution in [-0.4, -0.2) is 9.97 Å². The summed E-state index contributed by atoms with van der Waals surface area (Å²) in [4.78, 5) is 9.15. The van der Waals surface area contributed by atoms with E-state index in [4.69, 9.17) is 4.98 Å². The number of aromatic nitrogens is 2. The van der Waals surface area contributed by atoms with Crippen LogP contribution in [0.15, 0.2) is 195 Å². The third-order valence-electron chi connectivity index (χ3n) is 9.66. The molecule has 2 nitrogen and oxygen atoms in total. The van der Waals surface area contributed by atoms with Crippen molar-refractivity contribution < 1.29 is 0 Å². The van der Waals surface area contributed by atoms with Crippen LogP contribution in [0.3, 0.4) is 0 Å². The number of fused-ring (bicyclic) bond motifs is 2. The first-order valence-corrected chi connectivity index (χ1v) is 17.0. The third kappa shape index (κ3) is 5.24. The van der Waals surface area contributed by atoms with E-state index >= 15 is 0 Å². The largest absolute Gasteiger partial charge is 0.265 e. The number of nitrogens with zero attached hydrogens (tertiary/aromatic N) is 2. The minimum absolute atomic E-state index is 0.936. The second-order valence-corrected chi connectivity index (χ2v) is 12.5. The molecule has 0 aliphatic carbocycles. The molecule has 2 heteroatoms. The zero-order valence-corrected chi connectivity index (χ0v) is 27.4. The Morgan fingerprint density at radius 1 is 0.300 bits per heavy atom. The number of hydrogen-bond acceptors (Lipinski definition) is 2. The fourth-order valence-corrected chi connectivity index (χ4v) is 7.34. The molecule has 234 valence electrons. The smallest absolute Gasteiger partial charge is 0.0702 e. The Balaban J connectivity index is 1.36. The van der Waals surface area contributed by atoms with E-state index in [-0.39, 0.29) is 0 Å². The van der Waals surface area contributed by atoms with Crippen molar-refractivity contribution in [3.63, 3.8) is 0 Å². The van der Waals surface area contributed by atoms with Crippen molar-refractivity contribution in [2.75, 3.05) is 0 Å². The number of rotatable bonds is 6. The number of hydrogen-bond donors (Lipinski definition) is 0. The molecule has 9 rings (SSSR count). The molecule has 2 heterocycles. The van der Waals surface area contributed by atoms with E-state index in [1.165, 1.54) is 66.1 Å². The van der Waals surface area contributed by atoms with Crippen molar-refractivity contribution >= 4 is 21.5 Å². The lowest BCUT2D eigenvalue weighted by atomic mass is 9.82. The molecule has 2 aromatic heterocycles. The molecule has 0 saturated carbocycles. The molecule has 9 aromatic rings. The molecule has 0 atom stereocenters. The highest BCUT2D eigenvalue weighted by molar-refractivity contribution is 6.23. The Morgan fingerprint density at radius 2 is 0.780 bits per heavy atom. The van der Waals surface area contributed by atoms with Gasteiger partial charge in [-0.3, -0.25) is 9.97 Å². The van der Waals surface area contributed by atoms with E-state index < -0.39 is 0 Å². The first kappa shape index (κ1) is 29.5. The van der Waals surface area contributed by atoms with Gasteiger partial charge in [-0.2, -0.15) is 0 Å². The van der Waals surface area contributed by atoms with Crippen molar-refractivity contribution in [2.45, 2.75) is 0 Å².